The molecule has 2 aromatic rings. The van der Waals surface area contributed by atoms with Gasteiger partial charge in [0.2, 0.25) is 0 Å². The Bertz CT molecular complexity index is 687. The molecule has 2 N–H and O–H groups in total. The van der Waals surface area contributed by atoms with Crippen LogP contribution in [0, 0.1) is 5.92 Å². The van der Waals surface area contributed by atoms with Gasteiger partial charge in [0.1, 0.15) is 0 Å². The van der Waals surface area contributed by atoms with E-state index in [4.69, 9.17) is 4.42 Å². The van der Waals surface area contributed by atoms with Crippen LogP contribution in [0.25, 0.3) is 0 Å². The standard InChI is InChI=1S/C18H21N3O3/c1-13-8-10-21(11-9-13)15-6-4-14(5-7-15)19-18(23)20-17(22)16-3-2-12-24-16/h2-7,12-13H,8-11H2,1H3,(H2,19,20,22,23). The van der Waals surface area contributed by atoms with E-state index in [9.17, 15) is 9.59 Å². The highest BCUT2D eigenvalue weighted by molar-refractivity contribution is 6.06. The van der Waals surface area contributed by atoms with Crippen molar-refractivity contribution >= 4 is 23.3 Å². The Hall–Kier alpha value is -2.76. The molecule has 0 spiro atoms. The minimum Gasteiger partial charge on any atom is -0.459 e. The molecule has 24 heavy (non-hydrogen) atoms. The molecular weight excluding hydrogens is 306 g/mol. The Morgan fingerprint density at radius 1 is 1.12 bits per heavy atom. The van der Waals surface area contributed by atoms with E-state index in [1.54, 1.807) is 6.07 Å². The zero-order valence-electron chi connectivity index (χ0n) is 13.6. The molecule has 3 amide bonds. The van der Waals surface area contributed by atoms with Crippen LogP contribution in [0.2, 0.25) is 0 Å². The van der Waals surface area contributed by atoms with Crippen molar-refractivity contribution in [2.45, 2.75) is 19.8 Å². The van der Waals surface area contributed by atoms with Gasteiger partial charge in [-0.2, -0.15) is 0 Å². The maximum absolute atomic E-state index is 11.8. The molecule has 1 aliphatic heterocycles. The second-order valence-electron chi connectivity index (χ2n) is 6.10. The van der Waals surface area contributed by atoms with Gasteiger partial charge in [0, 0.05) is 24.5 Å². The second kappa shape index (κ2) is 7.21. The fourth-order valence-corrected chi connectivity index (χ4v) is 2.76. The van der Waals surface area contributed by atoms with Crippen molar-refractivity contribution in [3.63, 3.8) is 0 Å². The highest BCUT2D eigenvalue weighted by Gasteiger charge is 2.16. The van der Waals surface area contributed by atoms with E-state index in [-0.39, 0.29) is 5.76 Å². The van der Waals surface area contributed by atoms with Crippen LogP contribution in [-0.2, 0) is 0 Å². The van der Waals surface area contributed by atoms with Crippen molar-refractivity contribution in [3.05, 3.63) is 48.4 Å². The van der Waals surface area contributed by atoms with E-state index in [0.29, 0.717) is 5.69 Å². The van der Waals surface area contributed by atoms with E-state index in [1.807, 2.05) is 24.3 Å². The van der Waals surface area contributed by atoms with Crippen molar-refractivity contribution in [1.29, 1.82) is 0 Å². The first-order valence-electron chi connectivity index (χ1n) is 8.12. The van der Waals surface area contributed by atoms with E-state index in [2.05, 4.69) is 22.5 Å². The average Bonchev–Trinajstić information content (AvgIpc) is 3.11. The van der Waals surface area contributed by atoms with Gasteiger partial charge >= 0.3 is 6.03 Å². The summed E-state index contributed by atoms with van der Waals surface area (Å²) < 4.78 is 4.94. The van der Waals surface area contributed by atoms with E-state index in [1.165, 1.54) is 25.2 Å². The predicted molar refractivity (Wildman–Crippen MR) is 92.2 cm³/mol. The van der Waals surface area contributed by atoms with E-state index < -0.39 is 11.9 Å². The van der Waals surface area contributed by atoms with Crippen LogP contribution < -0.4 is 15.5 Å². The van der Waals surface area contributed by atoms with Crippen LogP contribution in [0.3, 0.4) is 0 Å². The molecule has 0 atom stereocenters. The van der Waals surface area contributed by atoms with Crippen LogP contribution in [-0.4, -0.2) is 25.0 Å². The summed E-state index contributed by atoms with van der Waals surface area (Å²) in [6, 6.07) is 10.1. The first-order chi connectivity index (χ1) is 11.6. The number of carbonyl (C=O) groups excluding carboxylic acids is 2. The number of anilines is 2. The largest absolute Gasteiger partial charge is 0.459 e. The highest BCUT2D eigenvalue weighted by Crippen LogP contribution is 2.24. The molecule has 0 radical (unpaired) electrons. The molecule has 1 aliphatic rings. The Morgan fingerprint density at radius 2 is 1.83 bits per heavy atom. The lowest BCUT2D eigenvalue weighted by Crippen LogP contribution is -2.34. The fourth-order valence-electron chi connectivity index (χ4n) is 2.76. The summed E-state index contributed by atoms with van der Waals surface area (Å²) >= 11 is 0. The van der Waals surface area contributed by atoms with Gasteiger partial charge in [0.05, 0.1) is 6.26 Å². The normalized spacial score (nSPS) is 15.1. The fraction of sp³-hybridized carbons (Fsp3) is 0.333. The number of carbonyl (C=O) groups is 2. The topological polar surface area (TPSA) is 74.6 Å². The molecule has 0 bridgehead atoms. The summed E-state index contributed by atoms with van der Waals surface area (Å²) in [7, 11) is 0. The number of hydrogen-bond acceptors (Lipinski definition) is 4. The molecule has 1 saturated heterocycles. The second-order valence-corrected chi connectivity index (χ2v) is 6.10. The number of benzene rings is 1. The zero-order chi connectivity index (χ0) is 16.9. The summed E-state index contributed by atoms with van der Waals surface area (Å²) in [5.41, 5.74) is 1.79. The van der Waals surface area contributed by atoms with Crippen molar-refractivity contribution in [2.24, 2.45) is 5.92 Å². The number of rotatable bonds is 3. The van der Waals surface area contributed by atoms with Crippen molar-refractivity contribution in [3.8, 4) is 0 Å². The van der Waals surface area contributed by atoms with E-state index in [0.717, 1.165) is 24.7 Å². The number of hydrogen-bond donors (Lipinski definition) is 2. The average molecular weight is 327 g/mol. The van der Waals surface area contributed by atoms with Gasteiger partial charge < -0.3 is 14.6 Å². The van der Waals surface area contributed by atoms with Gasteiger partial charge in [-0.05, 0) is 55.2 Å². The van der Waals surface area contributed by atoms with Gasteiger partial charge in [-0.1, -0.05) is 6.92 Å². The van der Waals surface area contributed by atoms with Crippen LogP contribution in [0.15, 0.2) is 47.1 Å². The highest BCUT2D eigenvalue weighted by atomic mass is 16.3. The lowest BCUT2D eigenvalue weighted by molar-refractivity contribution is 0.0940. The molecule has 0 saturated carbocycles. The molecule has 1 aromatic heterocycles. The molecule has 0 aliphatic carbocycles. The summed E-state index contributed by atoms with van der Waals surface area (Å²) in [6.45, 7) is 4.41. The monoisotopic (exact) mass is 327 g/mol. The quantitative estimate of drug-likeness (QED) is 0.905. The summed E-state index contributed by atoms with van der Waals surface area (Å²) in [5, 5.41) is 4.86. The third-order valence-corrected chi connectivity index (χ3v) is 4.25. The van der Waals surface area contributed by atoms with Crippen molar-refractivity contribution in [1.82, 2.24) is 5.32 Å². The summed E-state index contributed by atoms with van der Waals surface area (Å²) in [6.07, 6.45) is 3.79. The smallest absolute Gasteiger partial charge is 0.326 e. The molecule has 3 rings (SSSR count). The number of furan rings is 1. The molecule has 2 heterocycles. The predicted octanol–water partition coefficient (Wildman–Crippen LogP) is 3.48. The van der Waals surface area contributed by atoms with Crippen LogP contribution in [0.5, 0.6) is 0 Å². The molecule has 1 fully saturated rings. The van der Waals surface area contributed by atoms with Gasteiger partial charge in [0.25, 0.3) is 5.91 Å². The Balaban J connectivity index is 1.54. The number of piperidine rings is 1. The van der Waals surface area contributed by atoms with Gasteiger partial charge in [-0.3, -0.25) is 10.1 Å². The molecule has 1 aromatic carbocycles. The number of amides is 3. The first-order valence-corrected chi connectivity index (χ1v) is 8.12. The maximum atomic E-state index is 11.8. The summed E-state index contributed by atoms with van der Waals surface area (Å²) in [4.78, 5) is 25.9. The van der Waals surface area contributed by atoms with Gasteiger partial charge in [-0.15, -0.1) is 0 Å². The number of imide groups is 1. The molecule has 6 nitrogen and oxygen atoms in total. The van der Waals surface area contributed by atoms with E-state index >= 15 is 0 Å². The third-order valence-electron chi connectivity index (χ3n) is 4.25. The van der Waals surface area contributed by atoms with Crippen LogP contribution in [0.1, 0.15) is 30.3 Å². The van der Waals surface area contributed by atoms with Crippen molar-refractivity contribution in [2.75, 3.05) is 23.3 Å². The number of urea groups is 1. The lowest BCUT2D eigenvalue weighted by Gasteiger charge is -2.32. The van der Waals surface area contributed by atoms with Crippen molar-refractivity contribution < 1.29 is 14.0 Å². The van der Waals surface area contributed by atoms with Gasteiger partial charge in [0.15, 0.2) is 5.76 Å². The zero-order valence-corrected chi connectivity index (χ0v) is 13.6. The molecule has 6 heteroatoms. The molecule has 126 valence electrons. The van der Waals surface area contributed by atoms with Crippen LogP contribution >= 0.6 is 0 Å². The minimum absolute atomic E-state index is 0.0971. The molecule has 0 unspecified atom stereocenters. The van der Waals surface area contributed by atoms with Gasteiger partial charge in [-0.25, -0.2) is 4.79 Å². The number of nitrogens with one attached hydrogen (secondary N) is 2. The number of nitrogens with zero attached hydrogens (tertiary/aromatic N) is 1. The lowest BCUT2D eigenvalue weighted by atomic mass is 9.99. The van der Waals surface area contributed by atoms with Crippen LogP contribution in [0.4, 0.5) is 16.2 Å². The molecular formula is C18H21N3O3. The third kappa shape index (κ3) is 3.95. The Morgan fingerprint density at radius 3 is 2.46 bits per heavy atom. The Kier molecular flexibility index (Phi) is 4.84. The Labute approximate surface area is 140 Å². The minimum atomic E-state index is -0.587. The SMILES string of the molecule is CC1CCN(c2ccc(NC(=O)NC(=O)c3ccco3)cc2)CC1. The first kappa shape index (κ1) is 16.1. The summed E-state index contributed by atoms with van der Waals surface area (Å²) in [5.74, 6) is 0.314. The maximum Gasteiger partial charge on any atom is 0.326 e.